The first-order chi connectivity index (χ1) is 13.7. The van der Waals surface area contributed by atoms with Crippen molar-refractivity contribution in [2.75, 3.05) is 0 Å². The highest BCUT2D eigenvalue weighted by Gasteiger charge is 2.17. The van der Waals surface area contributed by atoms with Crippen molar-refractivity contribution in [2.45, 2.75) is 13.5 Å². The lowest BCUT2D eigenvalue weighted by Crippen LogP contribution is -2.03. The molecule has 4 aromatic rings. The van der Waals surface area contributed by atoms with Gasteiger partial charge in [0.1, 0.15) is 0 Å². The van der Waals surface area contributed by atoms with Crippen molar-refractivity contribution in [3.05, 3.63) is 96.6 Å². The van der Waals surface area contributed by atoms with Crippen LogP contribution < -0.4 is 0 Å². The molecule has 0 aliphatic heterocycles. The topological polar surface area (TPSA) is 42.2 Å². The Kier molecular flexibility index (Phi) is 4.81. The SMILES string of the molecule is C/C=C\C=C/Cn1c(-c2ccccc2C(=O)O)cc2c3ccccc3ccc21. The van der Waals surface area contributed by atoms with Gasteiger partial charge >= 0.3 is 5.97 Å². The Balaban J connectivity index is 2.01. The van der Waals surface area contributed by atoms with Crippen LogP contribution in [0, 0.1) is 0 Å². The van der Waals surface area contributed by atoms with E-state index in [0.717, 1.165) is 22.2 Å². The van der Waals surface area contributed by atoms with Crippen molar-refractivity contribution in [1.29, 1.82) is 0 Å². The third kappa shape index (κ3) is 3.12. The van der Waals surface area contributed by atoms with Gasteiger partial charge in [-0.15, -0.1) is 0 Å². The normalized spacial score (nSPS) is 11.9. The van der Waals surface area contributed by atoms with Gasteiger partial charge in [-0.3, -0.25) is 0 Å². The van der Waals surface area contributed by atoms with E-state index in [1.807, 2.05) is 49.4 Å². The molecule has 0 radical (unpaired) electrons. The lowest BCUT2D eigenvalue weighted by molar-refractivity contribution is 0.0697. The monoisotopic (exact) mass is 367 g/mol. The molecule has 4 rings (SSSR count). The number of hydrogen-bond donors (Lipinski definition) is 1. The van der Waals surface area contributed by atoms with Gasteiger partial charge in [-0.2, -0.15) is 0 Å². The number of benzene rings is 3. The average molecular weight is 367 g/mol. The van der Waals surface area contributed by atoms with Crippen LogP contribution in [0.15, 0.2) is 91.0 Å². The molecular formula is C25H21NO2. The third-order valence-corrected chi connectivity index (χ3v) is 4.97. The Morgan fingerprint density at radius 2 is 1.75 bits per heavy atom. The molecule has 1 aromatic heterocycles. The number of nitrogens with zero attached hydrogens (tertiary/aromatic N) is 1. The number of carboxylic acid groups (broad SMARTS) is 1. The first-order valence-electron chi connectivity index (χ1n) is 9.32. The molecule has 1 N–H and O–H groups in total. The second-order valence-electron chi connectivity index (χ2n) is 6.66. The summed E-state index contributed by atoms with van der Waals surface area (Å²) in [6.45, 7) is 2.64. The molecule has 0 atom stereocenters. The standard InChI is InChI=1S/C25H21NO2/c1-2-3-4-9-16-26-23-15-14-18-10-5-6-11-19(18)22(23)17-24(26)20-12-7-8-13-21(20)25(27)28/h2-15,17H,16H2,1H3,(H,27,28)/b3-2-,9-4-. The number of aromatic carboxylic acids is 1. The lowest BCUT2D eigenvalue weighted by atomic mass is 10.0. The fraction of sp³-hybridized carbons (Fsp3) is 0.0800. The molecule has 3 nitrogen and oxygen atoms in total. The van der Waals surface area contributed by atoms with Crippen LogP contribution >= 0.6 is 0 Å². The minimum absolute atomic E-state index is 0.313. The van der Waals surface area contributed by atoms with Crippen LogP contribution in [0.2, 0.25) is 0 Å². The van der Waals surface area contributed by atoms with E-state index in [0.29, 0.717) is 12.1 Å². The maximum Gasteiger partial charge on any atom is 0.336 e. The minimum atomic E-state index is -0.915. The smallest absolute Gasteiger partial charge is 0.336 e. The molecule has 0 aliphatic carbocycles. The fourth-order valence-electron chi connectivity index (χ4n) is 3.68. The highest BCUT2D eigenvalue weighted by Crippen LogP contribution is 2.34. The first-order valence-corrected chi connectivity index (χ1v) is 9.32. The van der Waals surface area contributed by atoms with Crippen LogP contribution in [-0.4, -0.2) is 15.6 Å². The Morgan fingerprint density at radius 1 is 0.964 bits per heavy atom. The summed E-state index contributed by atoms with van der Waals surface area (Å²) in [5.41, 5.74) is 3.05. The van der Waals surface area contributed by atoms with Crippen LogP contribution in [0.25, 0.3) is 32.9 Å². The summed E-state index contributed by atoms with van der Waals surface area (Å²) in [5, 5.41) is 13.2. The summed E-state index contributed by atoms with van der Waals surface area (Å²) in [4.78, 5) is 11.8. The van der Waals surface area contributed by atoms with Crippen LogP contribution in [0.4, 0.5) is 0 Å². The van der Waals surface area contributed by atoms with Crippen molar-refractivity contribution in [1.82, 2.24) is 4.57 Å². The van der Waals surface area contributed by atoms with E-state index in [4.69, 9.17) is 0 Å². The van der Waals surface area contributed by atoms with Crippen molar-refractivity contribution in [3.63, 3.8) is 0 Å². The molecule has 0 fully saturated rings. The van der Waals surface area contributed by atoms with Gasteiger partial charge in [-0.25, -0.2) is 4.79 Å². The van der Waals surface area contributed by atoms with Gasteiger partial charge in [0, 0.05) is 23.0 Å². The number of carbonyl (C=O) groups is 1. The third-order valence-electron chi connectivity index (χ3n) is 4.97. The molecule has 1 heterocycles. The van der Waals surface area contributed by atoms with E-state index >= 15 is 0 Å². The van der Waals surface area contributed by atoms with Crippen molar-refractivity contribution in [3.8, 4) is 11.3 Å². The Morgan fingerprint density at radius 3 is 2.57 bits per heavy atom. The maximum atomic E-state index is 11.8. The Labute approximate surface area is 163 Å². The molecule has 0 unspecified atom stereocenters. The molecule has 0 spiro atoms. The molecule has 3 aromatic carbocycles. The second-order valence-corrected chi connectivity index (χ2v) is 6.66. The first kappa shape index (κ1) is 17.8. The minimum Gasteiger partial charge on any atom is -0.478 e. The Bertz CT molecular complexity index is 1230. The highest BCUT2D eigenvalue weighted by molar-refractivity contribution is 6.09. The summed E-state index contributed by atoms with van der Waals surface area (Å²) in [7, 11) is 0. The molecule has 3 heteroatoms. The number of rotatable bonds is 5. The van der Waals surface area contributed by atoms with Gasteiger partial charge in [0.2, 0.25) is 0 Å². The molecular weight excluding hydrogens is 346 g/mol. The largest absolute Gasteiger partial charge is 0.478 e. The summed E-state index contributed by atoms with van der Waals surface area (Å²) < 4.78 is 2.18. The molecule has 0 aliphatic rings. The second kappa shape index (κ2) is 7.57. The molecule has 0 amide bonds. The number of hydrogen-bond acceptors (Lipinski definition) is 1. The zero-order chi connectivity index (χ0) is 19.5. The lowest BCUT2D eigenvalue weighted by Gasteiger charge is -2.11. The van der Waals surface area contributed by atoms with Gasteiger partial charge < -0.3 is 9.67 Å². The van der Waals surface area contributed by atoms with E-state index in [1.54, 1.807) is 12.1 Å². The van der Waals surface area contributed by atoms with Gasteiger partial charge in [-0.05, 0) is 35.9 Å². The molecule has 0 saturated heterocycles. The summed E-state index contributed by atoms with van der Waals surface area (Å²) in [6, 6.07) is 21.8. The van der Waals surface area contributed by atoms with E-state index in [-0.39, 0.29) is 0 Å². The number of aromatic nitrogens is 1. The zero-order valence-electron chi connectivity index (χ0n) is 15.7. The quantitative estimate of drug-likeness (QED) is 0.421. The zero-order valence-corrected chi connectivity index (χ0v) is 15.7. The van der Waals surface area contributed by atoms with Gasteiger partial charge in [0.15, 0.2) is 0 Å². The van der Waals surface area contributed by atoms with E-state index in [9.17, 15) is 9.90 Å². The Hall–Kier alpha value is -3.59. The van der Waals surface area contributed by atoms with E-state index in [1.165, 1.54) is 10.8 Å². The molecule has 0 bridgehead atoms. The van der Waals surface area contributed by atoms with Gasteiger partial charge in [0.25, 0.3) is 0 Å². The molecule has 28 heavy (non-hydrogen) atoms. The van der Waals surface area contributed by atoms with E-state index in [2.05, 4.69) is 41.0 Å². The van der Waals surface area contributed by atoms with Crippen molar-refractivity contribution in [2.24, 2.45) is 0 Å². The van der Waals surface area contributed by atoms with Crippen molar-refractivity contribution < 1.29 is 9.90 Å². The number of fused-ring (bicyclic) bond motifs is 3. The summed E-state index contributed by atoms with van der Waals surface area (Å²) >= 11 is 0. The van der Waals surface area contributed by atoms with Crippen LogP contribution in [0.3, 0.4) is 0 Å². The fourth-order valence-corrected chi connectivity index (χ4v) is 3.68. The number of allylic oxidation sites excluding steroid dienone is 4. The maximum absolute atomic E-state index is 11.8. The van der Waals surface area contributed by atoms with Gasteiger partial charge in [-0.1, -0.05) is 72.8 Å². The van der Waals surface area contributed by atoms with Crippen molar-refractivity contribution >= 4 is 27.6 Å². The average Bonchev–Trinajstić information content (AvgIpc) is 3.10. The van der Waals surface area contributed by atoms with Gasteiger partial charge in [0.05, 0.1) is 11.3 Å². The predicted molar refractivity (Wildman–Crippen MR) is 116 cm³/mol. The van der Waals surface area contributed by atoms with Crippen LogP contribution in [0.1, 0.15) is 17.3 Å². The summed E-state index contributed by atoms with van der Waals surface area (Å²) in [6.07, 6.45) is 8.08. The number of carboxylic acids is 1. The predicted octanol–water partition coefficient (Wildman–Crippen LogP) is 6.29. The molecule has 138 valence electrons. The van der Waals surface area contributed by atoms with Crippen LogP contribution in [0.5, 0.6) is 0 Å². The molecule has 0 saturated carbocycles. The summed E-state index contributed by atoms with van der Waals surface area (Å²) in [5.74, 6) is -0.915. The van der Waals surface area contributed by atoms with E-state index < -0.39 is 5.97 Å². The van der Waals surface area contributed by atoms with Crippen LogP contribution in [-0.2, 0) is 6.54 Å². The highest BCUT2D eigenvalue weighted by atomic mass is 16.4.